The maximum absolute atomic E-state index is 12.0. The lowest BCUT2D eigenvalue weighted by Crippen LogP contribution is -2.14. The van der Waals surface area contributed by atoms with Gasteiger partial charge in [-0.1, -0.05) is 18.2 Å². The Balaban J connectivity index is 1.92. The Bertz CT molecular complexity index is 797. The van der Waals surface area contributed by atoms with Gasteiger partial charge in [0.2, 0.25) is 0 Å². The molecule has 0 fully saturated rings. The molecule has 94 valence electrons. The summed E-state index contributed by atoms with van der Waals surface area (Å²) in [4.78, 5) is 19.3. The van der Waals surface area contributed by atoms with Crippen molar-refractivity contribution in [3.8, 4) is 11.6 Å². The first-order valence-corrected chi connectivity index (χ1v) is 6.42. The molecule has 0 radical (unpaired) electrons. The van der Waals surface area contributed by atoms with Gasteiger partial charge in [-0.25, -0.2) is 4.98 Å². The summed E-state index contributed by atoms with van der Waals surface area (Å²) in [5, 5.41) is 1.01. The molecule has 19 heavy (non-hydrogen) atoms. The number of hydrogen-bond acceptors (Lipinski definition) is 3. The van der Waals surface area contributed by atoms with E-state index in [-0.39, 0.29) is 5.56 Å². The third-order valence-corrected chi connectivity index (χ3v) is 3.60. The number of hydrogen-bond donors (Lipinski definition) is 1. The zero-order valence-corrected chi connectivity index (χ0v) is 10.3. The van der Waals surface area contributed by atoms with Gasteiger partial charge in [0.05, 0.1) is 5.69 Å². The summed E-state index contributed by atoms with van der Waals surface area (Å²) in [6.07, 6.45) is 2.72. The van der Waals surface area contributed by atoms with Crippen LogP contribution >= 0.6 is 0 Å². The van der Waals surface area contributed by atoms with Gasteiger partial charge in [0.15, 0.2) is 11.6 Å². The largest absolute Gasteiger partial charge is 0.453 e. The van der Waals surface area contributed by atoms with Gasteiger partial charge in [0.25, 0.3) is 5.56 Å². The van der Waals surface area contributed by atoms with Crippen LogP contribution in [0.1, 0.15) is 17.7 Å². The monoisotopic (exact) mass is 252 g/mol. The molecule has 0 atom stereocenters. The van der Waals surface area contributed by atoms with Gasteiger partial charge in [-0.15, -0.1) is 0 Å². The summed E-state index contributed by atoms with van der Waals surface area (Å²) in [6.45, 7) is 0. The molecule has 0 aliphatic heterocycles. The lowest BCUT2D eigenvalue weighted by Gasteiger charge is -2.00. The minimum Gasteiger partial charge on any atom is -0.453 e. The number of nitrogens with one attached hydrogen (secondary N) is 1. The molecule has 1 aliphatic rings. The second-order valence-electron chi connectivity index (χ2n) is 4.84. The van der Waals surface area contributed by atoms with Crippen molar-refractivity contribution in [2.75, 3.05) is 0 Å². The van der Waals surface area contributed by atoms with Crippen LogP contribution < -0.4 is 5.56 Å². The van der Waals surface area contributed by atoms with Crippen molar-refractivity contribution >= 4 is 11.0 Å². The maximum Gasteiger partial charge on any atom is 0.254 e. The highest BCUT2D eigenvalue weighted by molar-refractivity contribution is 5.81. The van der Waals surface area contributed by atoms with E-state index < -0.39 is 0 Å². The molecule has 0 bridgehead atoms. The highest BCUT2D eigenvalue weighted by Gasteiger charge is 2.18. The highest BCUT2D eigenvalue weighted by atomic mass is 16.3. The lowest BCUT2D eigenvalue weighted by molar-refractivity contribution is 0.624. The van der Waals surface area contributed by atoms with Crippen LogP contribution in [-0.4, -0.2) is 9.97 Å². The first kappa shape index (κ1) is 10.6. The zero-order chi connectivity index (χ0) is 12.8. The summed E-state index contributed by atoms with van der Waals surface area (Å²) < 4.78 is 5.74. The van der Waals surface area contributed by atoms with E-state index in [1.165, 1.54) is 0 Å². The average Bonchev–Trinajstić information content (AvgIpc) is 3.04. The standard InChI is InChI=1S/C15H12N2O2/c18-15-10-5-3-6-11(10)16-14(17-15)13-8-9-4-1-2-7-12(9)19-13/h1-2,4,7-8H,3,5-6H2,(H,16,17,18). The maximum atomic E-state index is 12.0. The van der Waals surface area contributed by atoms with Gasteiger partial charge in [0.1, 0.15) is 5.58 Å². The molecule has 0 unspecified atom stereocenters. The van der Waals surface area contributed by atoms with E-state index in [1.807, 2.05) is 30.3 Å². The Morgan fingerprint density at radius 3 is 3.00 bits per heavy atom. The number of rotatable bonds is 1. The predicted molar refractivity (Wildman–Crippen MR) is 72.1 cm³/mol. The normalized spacial score (nSPS) is 13.9. The Morgan fingerprint density at radius 2 is 2.11 bits per heavy atom. The van der Waals surface area contributed by atoms with Crippen LogP contribution in [-0.2, 0) is 12.8 Å². The van der Waals surface area contributed by atoms with Crippen molar-refractivity contribution in [3.63, 3.8) is 0 Å². The molecule has 2 heterocycles. The number of benzene rings is 1. The first-order valence-electron chi connectivity index (χ1n) is 6.42. The van der Waals surface area contributed by atoms with Crippen molar-refractivity contribution in [2.45, 2.75) is 19.3 Å². The summed E-state index contributed by atoms with van der Waals surface area (Å²) in [5.74, 6) is 1.15. The molecule has 0 saturated heterocycles. The third kappa shape index (κ3) is 1.60. The van der Waals surface area contributed by atoms with Crippen LogP contribution in [0.4, 0.5) is 0 Å². The molecule has 0 amide bonds. The fourth-order valence-corrected chi connectivity index (χ4v) is 2.66. The van der Waals surface area contributed by atoms with Gasteiger partial charge in [-0.2, -0.15) is 0 Å². The molecule has 1 N–H and O–H groups in total. The van der Waals surface area contributed by atoms with Gasteiger partial charge >= 0.3 is 0 Å². The second kappa shape index (κ2) is 3.82. The number of para-hydroxylation sites is 1. The number of H-pyrrole nitrogens is 1. The smallest absolute Gasteiger partial charge is 0.254 e. The topological polar surface area (TPSA) is 58.9 Å². The molecule has 1 aromatic carbocycles. The SMILES string of the molecule is O=c1[nH]c(-c2cc3ccccc3o2)nc2c1CCC2. The molecule has 0 saturated carbocycles. The van der Waals surface area contributed by atoms with Gasteiger partial charge in [-0.3, -0.25) is 4.79 Å². The van der Waals surface area contributed by atoms with Crippen LogP contribution in [0.5, 0.6) is 0 Å². The summed E-state index contributed by atoms with van der Waals surface area (Å²) in [5.41, 5.74) is 2.53. The zero-order valence-electron chi connectivity index (χ0n) is 10.3. The van der Waals surface area contributed by atoms with Crippen LogP contribution in [0.15, 0.2) is 39.5 Å². The molecular formula is C15H12N2O2. The van der Waals surface area contributed by atoms with E-state index >= 15 is 0 Å². The molecule has 4 nitrogen and oxygen atoms in total. The van der Waals surface area contributed by atoms with Crippen LogP contribution in [0.2, 0.25) is 0 Å². The molecule has 4 rings (SSSR count). The molecule has 1 aliphatic carbocycles. The summed E-state index contributed by atoms with van der Waals surface area (Å²) in [7, 11) is 0. The van der Waals surface area contributed by atoms with E-state index in [4.69, 9.17) is 4.42 Å². The van der Waals surface area contributed by atoms with E-state index in [1.54, 1.807) is 0 Å². The third-order valence-electron chi connectivity index (χ3n) is 3.60. The van der Waals surface area contributed by atoms with Gasteiger partial charge < -0.3 is 9.40 Å². The molecule has 4 heteroatoms. The molecule has 3 aromatic rings. The van der Waals surface area contributed by atoms with Crippen molar-refractivity contribution in [1.29, 1.82) is 0 Å². The first-order chi connectivity index (χ1) is 9.31. The van der Waals surface area contributed by atoms with Crippen LogP contribution in [0.25, 0.3) is 22.6 Å². The lowest BCUT2D eigenvalue weighted by atomic mass is 10.2. The summed E-state index contributed by atoms with van der Waals surface area (Å²) in [6, 6.07) is 9.68. The van der Waals surface area contributed by atoms with Crippen molar-refractivity contribution in [2.24, 2.45) is 0 Å². The number of nitrogens with zero attached hydrogens (tertiary/aromatic N) is 1. The molecule has 0 spiro atoms. The fourth-order valence-electron chi connectivity index (χ4n) is 2.66. The number of aryl methyl sites for hydroxylation is 1. The molecule has 2 aromatic heterocycles. The predicted octanol–water partition coefficient (Wildman–Crippen LogP) is 2.67. The van der Waals surface area contributed by atoms with E-state index in [2.05, 4.69) is 9.97 Å². The summed E-state index contributed by atoms with van der Waals surface area (Å²) >= 11 is 0. The fraction of sp³-hybridized carbons (Fsp3) is 0.200. The number of fused-ring (bicyclic) bond motifs is 2. The highest BCUT2D eigenvalue weighted by Crippen LogP contribution is 2.26. The minimum atomic E-state index is -0.0297. The van der Waals surface area contributed by atoms with E-state index in [0.717, 1.165) is 41.5 Å². The number of furan rings is 1. The van der Waals surface area contributed by atoms with Crippen molar-refractivity contribution in [3.05, 3.63) is 51.9 Å². The van der Waals surface area contributed by atoms with E-state index in [0.29, 0.717) is 11.6 Å². The Hall–Kier alpha value is -2.36. The van der Waals surface area contributed by atoms with Gasteiger partial charge in [-0.05, 0) is 31.4 Å². The van der Waals surface area contributed by atoms with Crippen molar-refractivity contribution in [1.82, 2.24) is 9.97 Å². The number of aromatic amines is 1. The Morgan fingerprint density at radius 1 is 1.21 bits per heavy atom. The quantitative estimate of drug-likeness (QED) is 0.724. The van der Waals surface area contributed by atoms with Crippen LogP contribution in [0, 0.1) is 0 Å². The van der Waals surface area contributed by atoms with Crippen LogP contribution in [0.3, 0.4) is 0 Å². The number of aromatic nitrogens is 2. The Kier molecular flexibility index (Phi) is 2.12. The molecular weight excluding hydrogens is 240 g/mol. The minimum absolute atomic E-state index is 0.0297. The van der Waals surface area contributed by atoms with Crippen molar-refractivity contribution < 1.29 is 4.42 Å². The Labute approximate surface area is 109 Å². The average molecular weight is 252 g/mol. The van der Waals surface area contributed by atoms with E-state index in [9.17, 15) is 4.79 Å². The second-order valence-corrected chi connectivity index (χ2v) is 4.84. The van der Waals surface area contributed by atoms with Gasteiger partial charge in [0, 0.05) is 10.9 Å².